The van der Waals surface area contributed by atoms with Crippen LogP contribution in [0.2, 0.25) is 0 Å². The number of nitrogens with one attached hydrogen (secondary N) is 1. The van der Waals surface area contributed by atoms with Crippen molar-refractivity contribution >= 4 is 5.96 Å². The third kappa shape index (κ3) is 5.57. The zero-order chi connectivity index (χ0) is 19.1. The summed E-state index contributed by atoms with van der Waals surface area (Å²) in [6, 6.07) is 12.8. The molecule has 0 bridgehead atoms. The Kier molecular flexibility index (Phi) is 6.87. The number of piperazine rings is 1. The van der Waals surface area contributed by atoms with E-state index in [9.17, 15) is 0 Å². The molecule has 0 amide bonds. The van der Waals surface area contributed by atoms with E-state index in [0.717, 1.165) is 63.9 Å². The molecule has 146 valence electrons. The Morgan fingerprint density at radius 1 is 1.11 bits per heavy atom. The fourth-order valence-electron chi connectivity index (χ4n) is 3.62. The van der Waals surface area contributed by atoms with E-state index >= 15 is 0 Å². The van der Waals surface area contributed by atoms with Gasteiger partial charge >= 0.3 is 0 Å². The van der Waals surface area contributed by atoms with Crippen LogP contribution in [0, 0.1) is 13.8 Å². The van der Waals surface area contributed by atoms with Crippen LogP contribution in [0.3, 0.4) is 0 Å². The molecule has 27 heavy (non-hydrogen) atoms. The molecule has 2 aromatic rings. The summed E-state index contributed by atoms with van der Waals surface area (Å²) in [6.07, 6.45) is 1.04. The molecule has 1 aliphatic heterocycles. The Morgan fingerprint density at radius 2 is 1.85 bits per heavy atom. The second-order valence-corrected chi connectivity index (χ2v) is 7.23. The zero-order valence-corrected chi connectivity index (χ0v) is 16.9. The van der Waals surface area contributed by atoms with Gasteiger partial charge in [0.25, 0.3) is 0 Å². The van der Waals surface area contributed by atoms with Crippen LogP contribution >= 0.6 is 0 Å². The Morgan fingerprint density at radius 3 is 2.48 bits per heavy atom. The lowest BCUT2D eigenvalue weighted by Gasteiger charge is -2.36. The van der Waals surface area contributed by atoms with Crippen LogP contribution in [0.25, 0.3) is 0 Å². The molecule has 0 aliphatic carbocycles. The van der Waals surface area contributed by atoms with Gasteiger partial charge in [-0.25, -0.2) is 0 Å². The molecule has 1 aliphatic rings. The molecule has 1 aromatic heterocycles. The molecule has 6 heteroatoms. The molecular weight excluding hydrogens is 336 g/mol. The van der Waals surface area contributed by atoms with Crippen molar-refractivity contribution in [3.8, 4) is 0 Å². The predicted octanol–water partition coefficient (Wildman–Crippen LogP) is 2.28. The van der Waals surface area contributed by atoms with Gasteiger partial charge in [0, 0.05) is 58.6 Å². The Bertz CT molecular complexity index is 728. The Labute approximate surface area is 162 Å². The van der Waals surface area contributed by atoms with Crippen LogP contribution in [-0.4, -0.2) is 65.3 Å². The number of benzene rings is 1. The average molecular weight is 369 g/mol. The van der Waals surface area contributed by atoms with Gasteiger partial charge in [0.05, 0.1) is 5.69 Å². The van der Waals surface area contributed by atoms with E-state index < -0.39 is 0 Å². The molecule has 0 spiro atoms. The first kappa shape index (κ1) is 19.4. The number of aromatic nitrogens is 2. The van der Waals surface area contributed by atoms with Crippen LogP contribution in [0.15, 0.2) is 41.4 Å². The molecule has 2 heterocycles. The van der Waals surface area contributed by atoms with E-state index in [-0.39, 0.29) is 0 Å². The summed E-state index contributed by atoms with van der Waals surface area (Å²) in [5.41, 5.74) is 3.70. The van der Waals surface area contributed by atoms with Crippen molar-refractivity contribution in [1.82, 2.24) is 24.9 Å². The molecule has 1 saturated heterocycles. The van der Waals surface area contributed by atoms with Crippen LogP contribution in [0.1, 0.15) is 23.4 Å². The minimum atomic E-state index is 0.912. The standard InChI is InChI=1S/C21H32N6/c1-18-16-19(2)27(24-18)11-7-10-23-21(22-3)26-14-12-25(13-15-26)17-20-8-5-4-6-9-20/h4-6,8-9,16H,7,10-15,17H2,1-3H3,(H,22,23). The lowest BCUT2D eigenvalue weighted by Crippen LogP contribution is -2.52. The van der Waals surface area contributed by atoms with E-state index in [2.05, 4.69) is 73.2 Å². The van der Waals surface area contributed by atoms with Gasteiger partial charge in [0.1, 0.15) is 0 Å². The molecule has 0 saturated carbocycles. The Hall–Kier alpha value is -2.34. The van der Waals surface area contributed by atoms with Crippen LogP contribution < -0.4 is 5.32 Å². The minimum absolute atomic E-state index is 0.912. The summed E-state index contributed by atoms with van der Waals surface area (Å²) >= 11 is 0. The first-order chi connectivity index (χ1) is 13.2. The highest BCUT2D eigenvalue weighted by Crippen LogP contribution is 2.08. The lowest BCUT2D eigenvalue weighted by molar-refractivity contribution is 0.172. The van der Waals surface area contributed by atoms with Crippen LogP contribution in [-0.2, 0) is 13.1 Å². The molecule has 0 unspecified atom stereocenters. The average Bonchev–Trinajstić information content (AvgIpc) is 3.01. The van der Waals surface area contributed by atoms with Crippen molar-refractivity contribution in [1.29, 1.82) is 0 Å². The maximum atomic E-state index is 4.52. The minimum Gasteiger partial charge on any atom is -0.356 e. The highest BCUT2D eigenvalue weighted by Gasteiger charge is 2.19. The summed E-state index contributed by atoms with van der Waals surface area (Å²) in [5, 5.41) is 8.04. The third-order valence-electron chi connectivity index (χ3n) is 5.07. The smallest absolute Gasteiger partial charge is 0.193 e. The first-order valence-corrected chi connectivity index (χ1v) is 9.88. The monoisotopic (exact) mass is 368 g/mol. The quantitative estimate of drug-likeness (QED) is 0.483. The highest BCUT2D eigenvalue weighted by atomic mass is 15.3. The van der Waals surface area contributed by atoms with E-state index in [1.165, 1.54) is 11.3 Å². The first-order valence-electron chi connectivity index (χ1n) is 9.88. The number of aryl methyl sites for hydroxylation is 3. The number of rotatable bonds is 6. The van der Waals surface area contributed by atoms with Gasteiger partial charge < -0.3 is 10.2 Å². The van der Waals surface area contributed by atoms with Gasteiger partial charge in [-0.15, -0.1) is 0 Å². The molecule has 1 N–H and O–H groups in total. The van der Waals surface area contributed by atoms with E-state index in [1.54, 1.807) is 0 Å². The molecule has 1 aromatic carbocycles. The largest absolute Gasteiger partial charge is 0.356 e. The molecular formula is C21H32N6. The topological polar surface area (TPSA) is 48.7 Å². The van der Waals surface area contributed by atoms with Crippen LogP contribution in [0.4, 0.5) is 0 Å². The summed E-state index contributed by atoms with van der Waals surface area (Å²) < 4.78 is 2.09. The second kappa shape index (κ2) is 9.55. The highest BCUT2D eigenvalue weighted by molar-refractivity contribution is 5.79. The van der Waals surface area contributed by atoms with Gasteiger partial charge in [0.15, 0.2) is 5.96 Å². The zero-order valence-electron chi connectivity index (χ0n) is 16.9. The van der Waals surface area contributed by atoms with Crippen molar-refractivity contribution in [3.63, 3.8) is 0 Å². The van der Waals surface area contributed by atoms with E-state index in [4.69, 9.17) is 0 Å². The van der Waals surface area contributed by atoms with E-state index in [0.29, 0.717) is 0 Å². The summed E-state index contributed by atoms with van der Waals surface area (Å²) in [4.78, 5) is 9.36. The van der Waals surface area contributed by atoms with Crippen LogP contribution in [0.5, 0.6) is 0 Å². The number of aliphatic imine (C=N–C) groups is 1. The van der Waals surface area contributed by atoms with Gasteiger partial charge in [0.2, 0.25) is 0 Å². The number of nitrogens with zero attached hydrogens (tertiary/aromatic N) is 5. The SMILES string of the molecule is CN=C(NCCCn1nc(C)cc1C)N1CCN(Cc2ccccc2)CC1. The number of hydrogen-bond donors (Lipinski definition) is 1. The van der Waals surface area contributed by atoms with Gasteiger partial charge in [-0.3, -0.25) is 14.6 Å². The van der Waals surface area contributed by atoms with Crippen molar-refractivity contribution in [2.24, 2.45) is 4.99 Å². The third-order valence-corrected chi connectivity index (χ3v) is 5.07. The molecule has 0 radical (unpaired) electrons. The van der Waals surface area contributed by atoms with Crippen molar-refractivity contribution in [2.45, 2.75) is 33.4 Å². The fraction of sp³-hybridized carbons (Fsp3) is 0.524. The summed E-state index contributed by atoms with van der Waals surface area (Å²) in [5.74, 6) is 1.02. The van der Waals surface area contributed by atoms with E-state index in [1.807, 2.05) is 14.0 Å². The number of hydrogen-bond acceptors (Lipinski definition) is 3. The molecule has 3 rings (SSSR count). The maximum absolute atomic E-state index is 4.52. The molecule has 6 nitrogen and oxygen atoms in total. The van der Waals surface area contributed by atoms with Gasteiger partial charge in [-0.2, -0.15) is 5.10 Å². The fourth-order valence-corrected chi connectivity index (χ4v) is 3.62. The van der Waals surface area contributed by atoms with Gasteiger partial charge in [-0.05, 0) is 31.9 Å². The predicted molar refractivity (Wildman–Crippen MR) is 111 cm³/mol. The maximum Gasteiger partial charge on any atom is 0.193 e. The summed E-state index contributed by atoms with van der Waals surface area (Å²) in [6.45, 7) is 11.2. The summed E-state index contributed by atoms with van der Waals surface area (Å²) in [7, 11) is 1.87. The van der Waals surface area contributed by atoms with Crippen molar-refractivity contribution in [3.05, 3.63) is 53.3 Å². The second-order valence-electron chi connectivity index (χ2n) is 7.23. The molecule has 0 atom stereocenters. The van der Waals surface area contributed by atoms with Crippen molar-refractivity contribution in [2.75, 3.05) is 39.8 Å². The van der Waals surface area contributed by atoms with Gasteiger partial charge in [-0.1, -0.05) is 30.3 Å². The number of guanidine groups is 1. The lowest BCUT2D eigenvalue weighted by atomic mass is 10.2. The normalized spacial score (nSPS) is 16.0. The van der Waals surface area contributed by atoms with Crippen molar-refractivity contribution < 1.29 is 0 Å². The Balaban J connectivity index is 1.39. The molecule has 1 fully saturated rings.